The van der Waals surface area contributed by atoms with Crippen LogP contribution in [0.15, 0.2) is 145 Å². The van der Waals surface area contributed by atoms with Gasteiger partial charge in [-0.3, -0.25) is 0 Å². The van der Waals surface area contributed by atoms with E-state index in [0.717, 1.165) is 25.7 Å². The number of fused-ring (bicyclic) bond motifs is 10. The van der Waals surface area contributed by atoms with Crippen LogP contribution in [0.5, 0.6) is 0 Å². The monoisotopic (exact) mass is 656 g/mol. The lowest BCUT2D eigenvalue weighted by atomic mass is 9.80. The largest absolute Gasteiger partial charge is 0.332 e. The lowest BCUT2D eigenvalue weighted by molar-refractivity contribution is 0.595. The number of nitrogens with zero attached hydrogens (tertiary/aromatic N) is 2. The van der Waals surface area contributed by atoms with Crippen LogP contribution in [0.1, 0.15) is 72.7 Å². The molecule has 1 aromatic heterocycles. The summed E-state index contributed by atoms with van der Waals surface area (Å²) in [4.78, 5) is 2.71. The van der Waals surface area contributed by atoms with E-state index in [0.29, 0.717) is 5.92 Å². The molecule has 6 aromatic rings. The summed E-state index contributed by atoms with van der Waals surface area (Å²) in [6.07, 6.45) is 18.7. The first-order valence-electron chi connectivity index (χ1n) is 18.7. The number of allylic oxidation sites excluding steroid dienone is 3. The number of aromatic nitrogens is 1. The van der Waals surface area contributed by atoms with Gasteiger partial charge in [-0.05, 0) is 118 Å². The van der Waals surface area contributed by atoms with Gasteiger partial charge in [-0.25, -0.2) is 0 Å². The fraction of sp³-hybridized carbons (Fsp3) is 0.184. The van der Waals surface area contributed by atoms with Crippen LogP contribution >= 0.6 is 0 Å². The molecule has 2 atom stereocenters. The highest BCUT2D eigenvalue weighted by Crippen LogP contribution is 2.58. The zero-order valence-corrected chi connectivity index (χ0v) is 29.2. The van der Waals surface area contributed by atoms with Gasteiger partial charge in [0.25, 0.3) is 0 Å². The van der Waals surface area contributed by atoms with Crippen LogP contribution in [0.4, 0.5) is 5.69 Å². The van der Waals surface area contributed by atoms with Crippen LogP contribution in [0.2, 0.25) is 0 Å². The zero-order valence-electron chi connectivity index (χ0n) is 29.2. The SMILES string of the molecule is CC1(C)c2cc(-n3c4c(c5cc(-c6ccccc6)ccc53)CCC=C4)ccc2-c2c(N3C4=C(CCC=C4)C4C=Cc5ccccc5C43)cccc21. The Kier molecular flexibility index (Phi) is 6.12. The van der Waals surface area contributed by atoms with Gasteiger partial charge in [0, 0.05) is 45.0 Å². The van der Waals surface area contributed by atoms with Crippen LogP contribution in [0.3, 0.4) is 0 Å². The summed E-state index contributed by atoms with van der Waals surface area (Å²) in [6.45, 7) is 4.86. The van der Waals surface area contributed by atoms with Gasteiger partial charge >= 0.3 is 0 Å². The zero-order chi connectivity index (χ0) is 33.8. The van der Waals surface area contributed by atoms with E-state index >= 15 is 0 Å². The molecule has 2 heterocycles. The minimum Gasteiger partial charge on any atom is -0.332 e. The fourth-order valence-corrected chi connectivity index (χ4v) is 10.1. The van der Waals surface area contributed by atoms with Gasteiger partial charge < -0.3 is 9.47 Å². The van der Waals surface area contributed by atoms with Gasteiger partial charge in [-0.1, -0.05) is 117 Å². The number of hydrogen-bond donors (Lipinski definition) is 0. The number of benzene rings is 5. The smallest absolute Gasteiger partial charge is 0.0698 e. The van der Waals surface area contributed by atoms with Crippen LogP contribution in [-0.4, -0.2) is 4.57 Å². The van der Waals surface area contributed by atoms with Crippen molar-refractivity contribution in [3.8, 4) is 27.9 Å². The van der Waals surface area contributed by atoms with Gasteiger partial charge in [0.2, 0.25) is 0 Å². The summed E-state index contributed by atoms with van der Waals surface area (Å²) in [5, 5.41) is 1.37. The minimum atomic E-state index is -0.140. The van der Waals surface area contributed by atoms with Crippen molar-refractivity contribution in [2.75, 3.05) is 4.90 Å². The summed E-state index contributed by atoms with van der Waals surface area (Å²) in [7, 11) is 0. The molecule has 0 fully saturated rings. The average Bonchev–Trinajstić information content (AvgIpc) is 3.78. The van der Waals surface area contributed by atoms with Crippen molar-refractivity contribution in [1.82, 2.24) is 4.57 Å². The molecule has 11 rings (SSSR count). The van der Waals surface area contributed by atoms with Crippen molar-refractivity contribution in [3.63, 3.8) is 0 Å². The van der Waals surface area contributed by atoms with E-state index in [1.54, 1.807) is 5.57 Å². The fourth-order valence-electron chi connectivity index (χ4n) is 10.1. The van der Waals surface area contributed by atoms with Gasteiger partial charge in [-0.15, -0.1) is 0 Å². The molecule has 5 aliphatic rings. The Morgan fingerprint density at radius 3 is 2.45 bits per heavy atom. The van der Waals surface area contributed by atoms with Gasteiger partial charge in [0.05, 0.1) is 11.6 Å². The maximum atomic E-state index is 2.71. The number of hydrogen-bond acceptors (Lipinski definition) is 1. The van der Waals surface area contributed by atoms with Gasteiger partial charge in [-0.2, -0.15) is 0 Å². The third-order valence-corrected chi connectivity index (χ3v) is 12.5. The van der Waals surface area contributed by atoms with Crippen molar-refractivity contribution in [2.24, 2.45) is 5.92 Å². The Morgan fingerprint density at radius 2 is 1.53 bits per heavy atom. The molecule has 4 aliphatic carbocycles. The lowest BCUT2D eigenvalue weighted by Crippen LogP contribution is -2.28. The number of aryl methyl sites for hydroxylation is 1. The molecule has 51 heavy (non-hydrogen) atoms. The van der Waals surface area contributed by atoms with Crippen molar-refractivity contribution >= 4 is 28.7 Å². The van der Waals surface area contributed by atoms with Crippen LogP contribution < -0.4 is 4.90 Å². The number of anilines is 1. The molecule has 246 valence electrons. The van der Waals surface area contributed by atoms with Crippen molar-refractivity contribution in [2.45, 2.75) is 51.0 Å². The molecule has 1 aliphatic heterocycles. The Morgan fingerprint density at radius 1 is 0.686 bits per heavy atom. The van der Waals surface area contributed by atoms with Gasteiger partial charge in [0.15, 0.2) is 0 Å². The molecule has 0 amide bonds. The van der Waals surface area contributed by atoms with Gasteiger partial charge in [0.1, 0.15) is 0 Å². The summed E-state index contributed by atoms with van der Waals surface area (Å²) < 4.78 is 2.52. The van der Waals surface area contributed by atoms with E-state index in [4.69, 9.17) is 0 Å². The molecular weight excluding hydrogens is 617 g/mol. The standard InChI is InChI=1S/C49H40N2/c1-49(2)41-19-12-22-46(51-44-21-11-8-17-36(44)38-26-23-32-15-6-7-16-35(32)48(38)51)47(41)39-27-25-34(30-42(39)49)50-43-20-10-9-18-37(43)40-29-33(24-28-45(40)50)31-13-4-3-5-14-31/h3-7,10-16,19-30,38,48H,8-9,17-18H2,1-2H3. The van der Waals surface area contributed by atoms with E-state index in [9.17, 15) is 0 Å². The van der Waals surface area contributed by atoms with E-state index < -0.39 is 0 Å². The average molecular weight is 657 g/mol. The summed E-state index contributed by atoms with van der Waals surface area (Å²) in [5.41, 5.74) is 20.4. The first kappa shape index (κ1) is 29.2. The summed E-state index contributed by atoms with van der Waals surface area (Å²) in [6, 6.07) is 41.5. The molecule has 2 heteroatoms. The topological polar surface area (TPSA) is 8.17 Å². The molecule has 0 saturated carbocycles. The third kappa shape index (κ3) is 4.05. The second kappa shape index (κ2) is 10.7. The molecule has 5 aromatic carbocycles. The quantitative estimate of drug-likeness (QED) is 0.184. The predicted molar refractivity (Wildman–Crippen MR) is 213 cm³/mol. The summed E-state index contributed by atoms with van der Waals surface area (Å²) >= 11 is 0. The predicted octanol–water partition coefficient (Wildman–Crippen LogP) is 12.4. The lowest BCUT2D eigenvalue weighted by Gasteiger charge is -2.36. The Bertz CT molecular complexity index is 2570. The van der Waals surface area contributed by atoms with E-state index in [1.807, 2.05) is 0 Å². The minimum absolute atomic E-state index is 0.140. The highest BCUT2D eigenvalue weighted by atomic mass is 15.2. The second-order valence-corrected chi connectivity index (χ2v) is 15.5. The third-order valence-electron chi connectivity index (χ3n) is 12.5. The van der Waals surface area contributed by atoms with Crippen LogP contribution in [-0.2, 0) is 11.8 Å². The molecule has 0 N–H and O–H groups in total. The highest BCUT2D eigenvalue weighted by Gasteiger charge is 2.45. The second-order valence-electron chi connectivity index (χ2n) is 15.5. The van der Waals surface area contributed by atoms with Crippen molar-refractivity contribution in [1.29, 1.82) is 0 Å². The van der Waals surface area contributed by atoms with E-state index in [1.165, 1.54) is 83.7 Å². The van der Waals surface area contributed by atoms with E-state index in [2.05, 4.69) is 169 Å². The molecule has 2 unspecified atom stereocenters. The molecule has 0 saturated heterocycles. The van der Waals surface area contributed by atoms with E-state index in [-0.39, 0.29) is 11.5 Å². The Balaban J connectivity index is 1.09. The van der Waals surface area contributed by atoms with Crippen LogP contribution in [0.25, 0.3) is 51.0 Å². The van der Waals surface area contributed by atoms with Crippen molar-refractivity contribution < 1.29 is 0 Å². The van der Waals surface area contributed by atoms with Crippen LogP contribution in [0, 0.1) is 5.92 Å². The first-order chi connectivity index (χ1) is 25.1. The Labute approximate surface area is 300 Å². The van der Waals surface area contributed by atoms with Crippen molar-refractivity contribution in [3.05, 3.63) is 178 Å². The molecule has 0 bridgehead atoms. The normalized spacial score (nSPS) is 20.2. The Hall–Kier alpha value is -5.60. The maximum absolute atomic E-state index is 2.71. The summed E-state index contributed by atoms with van der Waals surface area (Å²) in [5.74, 6) is 0.399. The maximum Gasteiger partial charge on any atom is 0.0698 e. The molecular formula is C49H40N2. The molecule has 0 radical (unpaired) electrons. The first-order valence-corrected chi connectivity index (χ1v) is 18.7. The molecule has 0 spiro atoms. The highest BCUT2D eigenvalue weighted by molar-refractivity contribution is 5.96. The molecule has 2 nitrogen and oxygen atoms in total. The number of rotatable bonds is 3.